The van der Waals surface area contributed by atoms with Crippen molar-refractivity contribution in [2.24, 2.45) is 16.8 Å². The summed E-state index contributed by atoms with van der Waals surface area (Å²) in [6, 6.07) is 0.460. The minimum Gasteiger partial charge on any atom is -0.356 e. The van der Waals surface area contributed by atoms with E-state index in [9.17, 15) is 0 Å². The summed E-state index contributed by atoms with van der Waals surface area (Å²) in [6.45, 7) is 17.1. The van der Waals surface area contributed by atoms with E-state index in [1.54, 1.807) is 0 Å². The number of hydrogen-bond donors (Lipinski definition) is 1. The normalized spacial score (nSPS) is 25.5. The van der Waals surface area contributed by atoms with Crippen LogP contribution in [-0.4, -0.2) is 96.2 Å². The average Bonchev–Trinajstić information content (AvgIpc) is 3.24. The van der Waals surface area contributed by atoms with Crippen LogP contribution in [0, 0.1) is 11.8 Å². The molecular formula is C21H40IN7. The molecule has 8 heteroatoms. The number of rotatable bonds is 6. The lowest BCUT2D eigenvalue weighted by Crippen LogP contribution is -2.51. The smallest absolute Gasteiger partial charge is 0.193 e. The van der Waals surface area contributed by atoms with Crippen LogP contribution in [0.2, 0.25) is 0 Å². The molecule has 0 aliphatic carbocycles. The van der Waals surface area contributed by atoms with Crippen LogP contribution >= 0.6 is 24.0 Å². The maximum Gasteiger partial charge on any atom is 0.193 e. The van der Waals surface area contributed by atoms with E-state index in [2.05, 4.69) is 61.5 Å². The Bertz CT molecular complexity index is 598. The third-order valence-corrected chi connectivity index (χ3v) is 6.43. The van der Waals surface area contributed by atoms with E-state index in [1.807, 2.05) is 19.6 Å². The van der Waals surface area contributed by atoms with Crippen molar-refractivity contribution >= 4 is 29.9 Å². The second kappa shape index (κ2) is 12.1. The van der Waals surface area contributed by atoms with Crippen LogP contribution in [0.3, 0.4) is 0 Å². The number of piperazine rings is 1. The highest BCUT2D eigenvalue weighted by Crippen LogP contribution is 2.27. The number of aromatic nitrogens is 2. The van der Waals surface area contributed by atoms with Gasteiger partial charge in [-0.25, -0.2) is 4.98 Å². The second-order valence-electron chi connectivity index (χ2n) is 8.56. The van der Waals surface area contributed by atoms with Gasteiger partial charge in [-0.2, -0.15) is 0 Å². The zero-order chi connectivity index (χ0) is 19.9. The van der Waals surface area contributed by atoms with Crippen molar-refractivity contribution in [2.45, 2.75) is 33.2 Å². The number of guanidine groups is 1. The Balaban J connectivity index is 0.00000300. The Morgan fingerprint density at radius 2 is 1.93 bits per heavy atom. The van der Waals surface area contributed by atoms with Crippen molar-refractivity contribution < 1.29 is 0 Å². The predicted molar refractivity (Wildman–Crippen MR) is 131 cm³/mol. The van der Waals surface area contributed by atoms with Gasteiger partial charge in [0.1, 0.15) is 0 Å². The number of likely N-dealkylation sites (N-methyl/N-ethyl adjacent to an activating group) is 1. The molecule has 0 aromatic carbocycles. The van der Waals surface area contributed by atoms with Gasteiger partial charge in [-0.1, -0.05) is 20.8 Å². The van der Waals surface area contributed by atoms with Gasteiger partial charge in [-0.05, 0) is 24.8 Å². The van der Waals surface area contributed by atoms with Gasteiger partial charge in [-0.3, -0.25) is 4.99 Å². The van der Waals surface area contributed by atoms with Crippen LogP contribution in [0.5, 0.6) is 0 Å². The summed E-state index contributed by atoms with van der Waals surface area (Å²) in [6.07, 6.45) is 7.09. The first-order valence-electron chi connectivity index (χ1n) is 11.0. The van der Waals surface area contributed by atoms with Crippen LogP contribution in [-0.2, 0) is 0 Å². The SMILES string of the molecule is CCN1CCN(CC(C)CNC(=NC)N2CCC(C)C(n3ccnc3)C2)CC1.I. The number of imidazole rings is 1. The average molecular weight is 518 g/mol. The molecule has 0 amide bonds. The quantitative estimate of drug-likeness (QED) is 0.357. The maximum atomic E-state index is 4.58. The van der Waals surface area contributed by atoms with Crippen molar-refractivity contribution in [2.75, 3.05) is 66.0 Å². The molecule has 2 saturated heterocycles. The van der Waals surface area contributed by atoms with Gasteiger partial charge in [0, 0.05) is 71.8 Å². The number of nitrogens with one attached hydrogen (secondary N) is 1. The highest BCUT2D eigenvalue weighted by Gasteiger charge is 2.29. The van der Waals surface area contributed by atoms with Crippen molar-refractivity contribution in [3.8, 4) is 0 Å². The van der Waals surface area contributed by atoms with Crippen LogP contribution < -0.4 is 5.32 Å². The molecule has 2 aliphatic rings. The number of hydrogen-bond acceptors (Lipinski definition) is 4. The first kappa shape index (κ1) is 24.4. The number of aliphatic imine (C=N–C) groups is 1. The van der Waals surface area contributed by atoms with Crippen molar-refractivity contribution in [1.82, 2.24) is 29.6 Å². The summed E-state index contributed by atoms with van der Waals surface area (Å²) >= 11 is 0. The Morgan fingerprint density at radius 1 is 1.21 bits per heavy atom. The van der Waals surface area contributed by atoms with Gasteiger partial charge in [0.05, 0.1) is 12.4 Å². The fourth-order valence-electron chi connectivity index (χ4n) is 4.49. The Kier molecular flexibility index (Phi) is 10.2. The number of nitrogens with zero attached hydrogens (tertiary/aromatic N) is 6. The lowest BCUT2D eigenvalue weighted by molar-refractivity contribution is 0.124. The molecule has 29 heavy (non-hydrogen) atoms. The predicted octanol–water partition coefficient (Wildman–Crippen LogP) is 2.23. The number of piperidine rings is 1. The van der Waals surface area contributed by atoms with E-state index in [4.69, 9.17) is 0 Å². The molecule has 3 atom stereocenters. The Morgan fingerprint density at radius 3 is 2.55 bits per heavy atom. The van der Waals surface area contributed by atoms with Gasteiger partial charge < -0.3 is 24.6 Å². The van der Waals surface area contributed by atoms with E-state index in [0.717, 1.165) is 32.1 Å². The molecule has 3 heterocycles. The third-order valence-electron chi connectivity index (χ3n) is 6.43. The van der Waals surface area contributed by atoms with Gasteiger partial charge in [-0.15, -0.1) is 24.0 Å². The van der Waals surface area contributed by atoms with E-state index in [-0.39, 0.29) is 24.0 Å². The largest absolute Gasteiger partial charge is 0.356 e. The molecule has 2 aliphatic heterocycles. The van der Waals surface area contributed by atoms with E-state index in [1.165, 1.54) is 39.1 Å². The lowest BCUT2D eigenvalue weighted by Gasteiger charge is -2.39. The molecule has 0 bridgehead atoms. The van der Waals surface area contributed by atoms with E-state index >= 15 is 0 Å². The summed E-state index contributed by atoms with van der Waals surface area (Å²) < 4.78 is 2.25. The molecule has 0 spiro atoms. The summed E-state index contributed by atoms with van der Waals surface area (Å²) in [7, 11) is 1.90. The summed E-state index contributed by atoms with van der Waals surface area (Å²) in [5.41, 5.74) is 0. The molecule has 0 saturated carbocycles. The molecule has 0 radical (unpaired) electrons. The van der Waals surface area contributed by atoms with Crippen LogP contribution in [0.4, 0.5) is 0 Å². The molecular weight excluding hydrogens is 477 g/mol. The third kappa shape index (κ3) is 6.82. The number of halogens is 1. The zero-order valence-electron chi connectivity index (χ0n) is 18.6. The molecule has 1 aromatic heterocycles. The zero-order valence-corrected chi connectivity index (χ0v) is 21.0. The maximum absolute atomic E-state index is 4.58. The second-order valence-corrected chi connectivity index (χ2v) is 8.56. The van der Waals surface area contributed by atoms with Crippen LogP contribution in [0.25, 0.3) is 0 Å². The van der Waals surface area contributed by atoms with Crippen molar-refractivity contribution in [3.63, 3.8) is 0 Å². The van der Waals surface area contributed by atoms with Crippen molar-refractivity contribution in [1.29, 1.82) is 0 Å². The van der Waals surface area contributed by atoms with Crippen LogP contribution in [0.15, 0.2) is 23.7 Å². The number of likely N-dealkylation sites (tertiary alicyclic amines) is 1. The lowest BCUT2D eigenvalue weighted by atomic mass is 9.93. The van der Waals surface area contributed by atoms with E-state index < -0.39 is 0 Å². The molecule has 3 rings (SSSR count). The highest BCUT2D eigenvalue weighted by atomic mass is 127. The van der Waals surface area contributed by atoms with Crippen molar-refractivity contribution in [3.05, 3.63) is 18.7 Å². The van der Waals surface area contributed by atoms with Crippen LogP contribution in [0.1, 0.15) is 33.2 Å². The minimum atomic E-state index is 0. The fraction of sp³-hybridized carbons (Fsp3) is 0.810. The molecule has 166 valence electrons. The Labute approximate surface area is 193 Å². The minimum absolute atomic E-state index is 0. The van der Waals surface area contributed by atoms with Gasteiger partial charge in [0.25, 0.3) is 0 Å². The summed E-state index contributed by atoms with van der Waals surface area (Å²) in [5, 5.41) is 3.64. The molecule has 2 fully saturated rings. The van der Waals surface area contributed by atoms with E-state index in [0.29, 0.717) is 17.9 Å². The monoisotopic (exact) mass is 517 g/mol. The first-order valence-corrected chi connectivity index (χ1v) is 11.0. The van der Waals surface area contributed by atoms with Gasteiger partial charge in [0.15, 0.2) is 5.96 Å². The fourth-order valence-corrected chi connectivity index (χ4v) is 4.49. The van der Waals surface area contributed by atoms with Gasteiger partial charge in [0.2, 0.25) is 0 Å². The molecule has 1 aromatic rings. The molecule has 7 nitrogen and oxygen atoms in total. The van der Waals surface area contributed by atoms with Gasteiger partial charge >= 0.3 is 0 Å². The summed E-state index contributed by atoms with van der Waals surface area (Å²) in [5.74, 6) is 2.31. The topological polar surface area (TPSA) is 51.9 Å². The highest BCUT2D eigenvalue weighted by molar-refractivity contribution is 14.0. The molecule has 3 unspecified atom stereocenters. The Hall–Kier alpha value is -0.870. The molecule has 1 N–H and O–H groups in total. The first-order chi connectivity index (χ1) is 13.6. The standard InChI is InChI=1S/C21H39N7.HI/c1-5-25-10-12-26(13-11-25)15-18(2)14-24-21(22-4)27-8-6-19(3)20(16-27)28-9-7-23-17-28;/h7,9,17-20H,5-6,8,10-16H2,1-4H3,(H,22,24);1H. The summed E-state index contributed by atoms with van der Waals surface area (Å²) in [4.78, 5) is 16.4.